The second-order valence-corrected chi connectivity index (χ2v) is 5.35. The average Bonchev–Trinajstić information content (AvgIpc) is 2.41. The first kappa shape index (κ1) is 15.1. The fraction of sp³-hybridized carbons (Fsp3) is 0.200. The average molecular weight is 290 g/mol. The van der Waals surface area contributed by atoms with Crippen LogP contribution in [-0.2, 0) is 13.1 Å². The summed E-state index contributed by atoms with van der Waals surface area (Å²) in [5.74, 6) is 0. The lowest BCUT2D eigenvalue weighted by Gasteiger charge is -2.17. The van der Waals surface area contributed by atoms with Crippen molar-refractivity contribution < 1.29 is 10.0 Å². The third-order valence-corrected chi connectivity index (χ3v) is 3.32. The number of rotatable bonds is 5. The SMILES string of the molecule is CN(Cc1ccc(Cl)cc1)Cc1cccc(B(O)O)c1. The standard InChI is InChI=1S/C15H17BClNO2/c1-18(10-12-5-7-15(17)8-6-12)11-13-3-2-4-14(9-13)16(19)20/h2-9,19-20H,10-11H2,1H3. The lowest BCUT2D eigenvalue weighted by molar-refractivity contribution is 0.319. The van der Waals surface area contributed by atoms with Crippen molar-refractivity contribution in [2.75, 3.05) is 7.05 Å². The Bertz CT molecular complexity index is 560. The van der Waals surface area contributed by atoms with Gasteiger partial charge in [-0.1, -0.05) is 48.0 Å². The molecule has 0 aromatic heterocycles. The summed E-state index contributed by atoms with van der Waals surface area (Å²) in [5, 5.41) is 19.1. The van der Waals surface area contributed by atoms with Gasteiger partial charge in [-0.25, -0.2) is 0 Å². The third kappa shape index (κ3) is 4.35. The van der Waals surface area contributed by atoms with Crippen molar-refractivity contribution in [2.45, 2.75) is 13.1 Å². The van der Waals surface area contributed by atoms with Crippen molar-refractivity contribution in [3.8, 4) is 0 Å². The highest BCUT2D eigenvalue weighted by atomic mass is 35.5. The monoisotopic (exact) mass is 289 g/mol. The van der Waals surface area contributed by atoms with E-state index in [1.54, 1.807) is 6.07 Å². The van der Waals surface area contributed by atoms with Crippen LogP contribution in [0, 0.1) is 0 Å². The molecule has 20 heavy (non-hydrogen) atoms. The Labute approximate surface area is 124 Å². The normalized spacial score (nSPS) is 10.8. The van der Waals surface area contributed by atoms with Gasteiger partial charge < -0.3 is 10.0 Å². The summed E-state index contributed by atoms with van der Waals surface area (Å²) >= 11 is 5.86. The molecule has 2 N–H and O–H groups in total. The first-order valence-electron chi connectivity index (χ1n) is 6.42. The van der Waals surface area contributed by atoms with E-state index in [1.807, 2.05) is 49.5 Å². The van der Waals surface area contributed by atoms with Crippen LogP contribution in [0.1, 0.15) is 11.1 Å². The molecule has 0 spiro atoms. The molecule has 0 aliphatic carbocycles. The van der Waals surface area contributed by atoms with Gasteiger partial charge in [0.25, 0.3) is 0 Å². The maximum absolute atomic E-state index is 9.17. The molecule has 3 nitrogen and oxygen atoms in total. The van der Waals surface area contributed by atoms with E-state index in [0.717, 1.165) is 23.7 Å². The number of benzene rings is 2. The van der Waals surface area contributed by atoms with Crippen LogP contribution < -0.4 is 5.46 Å². The molecular weight excluding hydrogens is 272 g/mol. The van der Waals surface area contributed by atoms with Gasteiger partial charge >= 0.3 is 7.12 Å². The lowest BCUT2D eigenvalue weighted by Crippen LogP contribution is -2.30. The van der Waals surface area contributed by atoms with Crippen molar-refractivity contribution in [2.24, 2.45) is 0 Å². The number of hydrogen-bond acceptors (Lipinski definition) is 3. The Morgan fingerprint density at radius 2 is 1.65 bits per heavy atom. The minimum atomic E-state index is -1.42. The van der Waals surface area contributed by atoms with Gasteiger partial charge in [0.1, 0.15) is 0 Å². The molecule has 0 aliphatic rings. The van der Waals surface area contributed by atoms with Crippen LogP contribution in [0.25, 0.3) is 0 Å². The van der Waals surface area contributed by atoms with Crippen LogP contribution in [0.2, 0.25) is 5.02 Å². The third-order valence-electron chi connectivity index (χ3n) is 3.07. The van der Waals surface area contributed by atoms with Crippen LogP contribution in [0.5, 0.6) is 0 Å². The Morgan fingerprint density at radius 1 is 1.00 bits per heavy atom. The molecule has 2 aromatic carbocycles. The highest BCUT2D eigenvalue weighted by molar-refractivity contribution is 6.58. The van der Waals surface area contributed by atoms with E-state index in [1.165, 1.54) is 5.56 Å². The van der Waals surface area contributed by atoms with Crippen molar-refractivity contribution in [1.82, 2.24) is 4.90 Å². The molecular formula is C15H17BClNO2. The topological polar surface area (TPSA) is 43.7 Å². The summed E-state index contributed by atoms with van der Waals surface area (Å²) in [5.41, 5.74) is 2.75. The Balaban J connectivity index is 1.99. The first-order valence-corrected chi connectivity index (χ1v) is 6.80. The Kier molecular flexibility index (Phi) is 5.20. The molecule has 104 valence electrons. The number of nitrogens with zero attached hydrogens (tertiary/aromatic N) is 1. The number of hydrogen-bond donors (Lipinski definition) is 2. The molecule has 0 bridgehead atoms. The van der Waals surface area contributed by atoms with Crippen LogP contribution in [-0.4, -0.2) is 29.1 Å². The van der Waals surface area contributed by atoms with E-state index in [-0.39, 0.29) is 0 Å². The van der Waals surface area contributed by atoms with E-state index in [4.69, 9.17) is 11.6 Å². The van der Waals surface area contributed by atoms with Crippen LogP contribution in [0.3, 0.4) is 0 Å². The van der Waals surface area contributed by atoms with Crippen molar-refractivity contribution in [3.05, 3.63) is 64.7 Å². The molecule has 0 heterocycles. The molecule has 0 amide bonds. The molecule has 0 unspecified atom stereocenters. The summed E-state index contributed by atoms with van der Waals surface area (Å²) < 4.78 is 0. The predicted molar refractivity (Wildman–Crippen MR) is 82.9 cm³/mol. The molecule has 2 rings (SSSR count). The Hall–Kier alpha value is -1.33. The molecule has 0 saturated heterocycles. The first-order chi connectivity index (χ1) is 9.54. The van der Waals surface area contributed by atoms with Gasteiger partial charge in [-0.2, -0.15) is 0 Å². The minimum Gasteiger partial charge on any atom is -0.423 e. The summed E-state index contributed by atoms with van der Waals surface area (Å²) in [6.45, 7) is 1.55. The van der Waals surface area contributed by atoms with E-state index in [0.29, 0.717) is 5.46 Å². The molecule has 0 aliphatic heterocycles. The molecule has 5 heteroatoms. The van der Waals surface area contributed by atoms with Gasteiger partial charge in [0, 0.05) is 18.1 Å². The van der Waals surface area contributed by atoms with E-state index in [2.05, 4.69) is 4.90 Å². The Morgan fingerprint density at radius 3 is 2.30 bits per heavy atom. The summed E-state index contributed by atoms with van der Waals surface area (Å²) in [6, 6.07) is 15.1. The highest BCUT2D eigenvalue weighted by Crippen LogP contribution is 2.12. The van der Waals surface area contributed by atoms with Gasteiger partial charge in [0.2, 0.25) is 0 Å². The van der Waals surface area contributed by atoms with Crippen LogP contribution in [0.15, 0.2) is 48.5 Å². The maximum atomic E-state index is 9.17. The van der Waals surface area contributed by atoms with Crippen molar-refractivity contribution >= 4 is 24.2 Å². The summed E-state index contributed by atoms with van der Waals surface area (Å²) in [6.07, 6.45) is 0. The highest BCUT2D eigenvalue weighted by Gasteiger charge is 2.11. The van der Waals surface area contributed by atoms with E-state index < -0.39 is 7.12 Å². The smallest absolute Gasteiger partial charge is 0.423 e. The summed E-state index contributed by atoms with van der Waals surface area (Å²) in [7, 11) is 0.605. The van der Waals surface area contributed by atoms with Gasteiger partial charge in [0.15, 0.2) is 0 Å². The zero-order valence-electron chi connectivity index (χ0n) is 11.3. The molecule has 0 atom stereocenters. The fourth-order valence-electron chi connectivity index (χ4n) is 2.12. The molecule has 2 aromatic rings. The minimum absolute atomic E-state index is 0.516. The maximum Gasteiger partial charge on any atom is 0.488 e. The quantitative estimate of drug-likeness (QED) is 0.823. The zero-order chi connectivity index (χ0) is 14.5. The van der Waals surface area contributed by atoms with Crippen molar-refractivity contribution in [3.63, 3.8) is 0 Å². The van der Waals surface area contributed by atoms with Gasteiger partial charge in [-0.15, -0.1) is 0 Å². The van der Waals surface area contributed by atoms with Gasteiger partial charge in [0.05, 0.1) is 0 Å². The molecule has 0 fully saturated rings. The van der Waals surface area contributed by atoms with Gasteiger partial charge in [-0.3, -0.25) is 4.90 Å². The van der Waals surface area contributed by atoms with Crippen molar-refractivity contribution in [1.29, 1.82) is 0 Å². The van der Waals surface area contributed by atoms with Crippen LogP contribution >= 0.6 is 11.6 Å². The zero-order valence-corrected chi connectivity index (χ0v) is 12.1. The second kappa shape index (κ2) is 6.91. The predicted octanol–water partition coefficient (Wildman–Crippen LogP) is 1.65. The fourth-order valence-corrected chi connectivity index (χ4v) is 2.25. The second-order valence-electron chi connectivity index (χ2n) is 4.92. The largest absolute Gasteiger partial charge is 0.488 e. The van der Waals surface area contributed by atoms with Crippen LogP contribution in [0.4, 0.5) is 0 Å². The molecule has 0 saturated carbocycles. The summed E-state index contributed by atoms with van der Waals surface area (Å²) in [4.78, 5) is 2.16. The van der Waals surface area contributed by atoms with E-state index >= 15 is 0 Å². The van der Waals surface area contributed by atoms with E-state index in [9.17, 15) is 10.0 Å². The lowest BCUT2D eigenvalue weighted by atomic mass is 9.79. The molecule has 0 radical (unpaired) electrons. The number of halogens is 1. The van der Waals surface area contributed by atoms with Gasteiger partial charge in [-0.05, 0) is 35.8 Å².